The molecule has 1 aromatic carbocycles. The van der Waals surface area contributed by atoms with Gasteiger partial charge in [0.1, 0.15) is 4.90 Å². The molecule has 0 atom stereocenters. The number of unbranched alkanes of at least 4 members (excludes halogenated alkanes) is 1. The lowest BCUT2D eigenvalue weighted by atomic mass is 10.2. The van der Waals surface area contributed by atoms with E-state index < -0.39 is 16.0 Å². The lowest BCUT2D eigenvalue weighted by Gasteiger charge is -2.10. The van der Waals surface area contributed by atoms with Crippen LogP contribution in [0.1, 0.15) is 23.2 Å². The SMILES string of the molecule is COCCCCNS(=O)(=O)c1cc(C(=O)O)c(Cl)cc1Cl. The molecule has 9 heteroatoms. The Kier molecular flexibility index (Phi) is 6.89. The minimum atomic E-state index is -3.90. The smallest absolute Gasteiger partial charge is 0.337 e. The van der Waals surface area contributed by atoms with Crippen LogP contribution in [0.25, 0.3) is 0 Å². The van der Waals surface area contributed by atoms with Crippen LogP contribution in [0.2, 0.25) is 10.0 Å². The van der Waals surface area contributed by atoms with E-state index in [1.54, 1.807) is 7.11 Å². The molecule has 21 heavy (non-hydrogen) atoms. The topological polar surface area (TPSA) is 92.7 Å². The fraction of sp³-hybridized carbons (Fsp3) is 0.417. The first-order valence-corrected chi connectivity index (χ1v) is 8.24. The van der Waals surface area contributed by atoms with Gasteiger partial charge in [0.25, 0.3) is 0 Å². The molecule has 6 nitrogen and oxygen atoms in total. The molecule has 0 spiro atoms. The Morgan fingerprint density at radius 1 is 1.29 bits per heavy atom. The number of carbonyl (C=O) groups is 1. The fourth-order valence-electron chi connectivity index (χ4n) is 1.55. The predicted octanol–water partition coefficient (Wildman–Crippen LogP) is 2.40. The number of benzene rings is 1. The maximum atomic E-state index is 12.1. The van der Waals surface area contributed by atoms with Crippen LogP contribution in [0.15, 0.2) is 17.0 Å². The van der Waals surface area contributed by atoms with Crippen molar-refractivity contribution in [3.8, 4) is 0 Å². The van der Waals surface area contributed by atoms with Crippen molar-refractivity contribution in [1.29, 1.82) is 0 Å². The molecule has 2 N–H and O–H groups in total. The number of nitrogens with one attached hydrogen (secondary N) is 1. The quantitative estimate of drug-likeness (QED) is 0.698. The van der Waals surface area contributed by atoms with Crippen molar-refractivity contribution in [3.63, 3.8) is 0 Å². The van der Waals surface area contributed by atoms with Gasteiger partial charge in [0.15, 0.2) is 0 Å². The molecule has 0 radical (unpaired) electrons. The van der Waals surface area contributed by atoms with Gasteiger partial charge in [-0.15, -0.1) is 0 Å². The first-order valence-electron chi connectivity index (χ1n) is 6.00. The van der Waals surface area contributed by atoms with E-state index in [0.29, 0.717) is 19.4 Å². The molecule has 0 fully saturated rings. The summed E-state index contributed by atoms with van der Waals surface area (Å²) < 4.78 is 31.4. The molecule has 0 aliphatic rings. The maximum Gasteiger partial charge on any atom is 0.337 e. The van der Waals surface area contributed by atoms with Crippen molar-refractivity contribution in [2.45, 2.75) is 17.7 Å². The molecule has 0 unspecified atom stereocenters. The van der Waals surface area contributed by atoms with Gasteiger partial charge in [-0.25, -0.2) is 17.9 Å². The number of ether oxygens (including phenoxy) is 1. The Hall–Kier alpha value is -0.860. The highest BCUT2D eigenvalue weighted by atomic mass is 35.5. The largest absolute Gasteiger partial charge is 0.478 e. The van der Waals surface area contributed by atoms with Crippen molar-refractivity contribution in [2.75, 3.05) is 20.3 Å². The summed E-state index contributed by atoms with van der Waals surface area (Å²) in [5, 5.41) is 8.71. The monoisotopic (exact) mass is 355 g/mol. The molecule has 1 rings (SSSR count). The van der Waals surface area contributed by atoms with Gasteiger partial charge in [0.05, 0.1) is 15.6 Å². The van der Waals surface area contributed by atoms with Crippen molar-refractivity contribution >= 4 is 39.2 Å². The van der Waals surface area contributed by atoms with Crippen LogP contribution >= 0.6 is 23.2 Å². The van der Waals surface area contributed by atoms with Crippen LogP contribution in [-0.4, -0.2) is 39.8 Å². The number of halogens is 2. The number of rotatable bonds is 8. The van der Waals surface area contributed by atoms with E-state index in [0.717, 1.165) is 12.1 Å². The van der Waals surface area contributed by atoms with E-state index in [1.807, 2.05) is 0 Å². The molecule has 1 aromatic rings. The summed E-state index contributed by atoms with van der Waals surface area (Å²) in [5.41, 5.74) is -0.319. The van der Waals surface area contributed by atoms with Crippen LogP contribution in [-0.2, 0) is 14.8 Å². The van der Waals surface area contributed by atoms with E-state index >= 15 is 0 Å². The Morgan fingerprint density at radius 3 is 2.52 bits per heavy atom. The molecule has 0 aliphatic heterocycles. The molecule has 118 valence electrons. The number of methoxy groups -OCH3 is 1. The first kappa shape index (κ1) is 18.2. The van der Waals surface area contributed by atoms with Gasteiger partial charge in [-0.05, 0) is 25.0 Å². The van der Waals surface area contributed by atoms with Crippen LogP contribution < -0.4 is 4.72 Å². The van der Waals surface area contributed by atoms with Crippen molar-refractivity contribution in [3.05, 3.63) is 27.7 Å². The lowest BCUT2D eigenvalue weighted by Crippen LogP contribution is -2.25. The van der Waals surface area contributed by atoms with Gasteiger partial charge in [-0.2, -0.15) is 0 Å². The summed E-state index contributed by atoms with van der Waals surface area (Å²) in [4.78, 5) is 10.7. The summed E-state index contributed by atoms with van der Waals surface area (Å²) >= 11 is 11.6. The summed E-state index contributed by atoms with van der Waals surface area (Å²) in [5.74, 6) is -1.33. The number of sulfonamides is 1. The second-order valence-electron chi connectivity index (χ2n) is 4.17. The van der Waals surface area contributed by atoms with E-state index in [-0.39, 0.29) is 27.0 Å². The Labute approximate surface area is 133 Å². The van der Waals surface area contributed by atoms with Gasteiger partial charge in [-0.1, -0.05) is 23.2 Å². The molecule has 0 heterocycles. The van der Waals surface area contributed by atoms with Gasteiger partial charge in [0, 0.05) is 20.3 Å². The Balaban J connectivity index is 2.92. The van der Waals surface area contributed by atoms with Crippen LogP contribution in [0.5, 0.6) is 0 Å². The molecular weight excluding hydrogens is 341 g/mol. The van der Waals surface area contributed by atoms with E-state index in [4.69, 9.17) is 33.0 Å². The fourth-order valence-corrected chi connectivity index (χ4v) is 3.48. The minimum Gasteiger partial charge on any atom is -0.478 e. The predicted molar refractivity (Wildman–Crippen MR) is 79.7 cm³/mol. The highest BCUT2D eigenvalue weighted by Crippen LogP contribution is 2.28. The number of hydrogen-bond donors (Lipinski definition) is 2. The van der Waals surface area contributed by atoms with Crippen LogP contribution in [0.3, 0.4) is 0 Å². The van der Waals surface area contributed by atoms with Crippen molar-refractivity contribution in [1.82, 2.24) is 4.72 Å². The standard InChI is InChI=1S/C12H15Cl2NO5S/c1-20-5-3-2-4-15-21(18,19)11-6-8(12(16)17)9(13)7-10(11)14/h6-7,15H,2-5H2,1H3,(H,16,17). The van der Waals surface area contributed by atoms with E-state index in [2.05, 4.69) is 4.72 Å². The molecule has 0 amide bonds. The minimum absolute atomic E-state index is 0.119. The summed E-state index contributed by atoms with van der Waals surface area (Å²) in [7, 11) is -2.34. The van der Waals surface area contributed by atoms with Crippen LogP contribution in [0.4, 0.5) is 0 Å². The van der Waals surface area contributed by atoms with Gasteiger partial charge in [-0.3, -0.25) is 0 Å². The Bertz CT molecular complexity index is 618. The second kappa shape index (κ2) is 7.95. The zero-order valence-corrected chi connectivity index (χ0v) is 13.6. The average Bonchev–Trinajstić information content (AvgIpc) is 2.37. The van der Waals surface area contributed by atoms with Crippen LogP contribution in [0, 0.1) is 0 Å². The first-order chi connectivity index (χ1) is 9.79. The van der Waals surface area contributed by atoms with E-state index in [1.165, 1.54) is 0 Å². The highest BCUT2D eigenvalue weighted by molar-refractivity contribution is 7.89. The molecule has 0 saturated heterocycles. The third-order valence-corrected chi connectivity index (χ3v) is 4.85. The van der Waals surface area contributed by atoms with Gasteiger partial charge in [0.2, 0.25) is 10.0 Å². The van der Waals surface area contributed by atoms with E-state index in [9.17, 15) is 13.2 Å². The normalized spacial score (nSPS) is 11.6. The average molecular weight is 356 g/mol. The third kappa shape index (κ3) is 5.12. The summed E-state index contributed by atoms with van der Waals surface area (Å²) in [6, 6.07) is 2.05. The molecule has 0 bridgehead atoms. The number of aromatic carboxylic acids is 1. The van der Waals surface area contributed by atoms with Crippen molar-refractivity contribution < 1.29 is 23.1 Å². The maximum absolute atomic E-state index is 12.1. The molecular formula is C12H15Cl2NO5S. The number of hydrogen-bond acceptors (Lipinski definition) is 4. The lowest BCUT2D eigenvalue weighted by molar-refractivity contribution is 0.0697. The second-order valence-corrected chi connectivity index (χ2v) is 6.72. The molecule has 0 saturated carbocycles. The molecule has 0 aliphatic carbocycles. The molecule has 0 aromatic heterocycles. The number of carboxylic acids is 1. The summed E-state index contributed by atoms with van der Waals surface area (Å²) in [6.07, 6.45) is 1.29. The number of carboxylic acid groups (broad SMARTS) is 1. The van der Waals surface area contributed by atoms with Gasteiger partial charge >= 0.3 is 5.97 Å². The zero-order valence-electron chi connectivity index (χ0n) is 11.2. The highest BCUT2D eigenvalue weighted by Gasteiger charge is 2.22. The van der Waals surface area contributed by atoms with Gasteiger partial charge < -0.3 is 9.84 Å². The van der Waals surface area contributed by atoms with Crippen molar-refractivity contribution in [2.24, 2.45) is 0 Å². The Morgan fingerprint density at radius 2 is 1.95 bits per heavy atom. The third-order valence-electron chi connectivity index (χ3n) is 2.61. The summed E-state index contributed by atoms with van der Waals surface area (Å²) in [6.45, 7) is 0.736. The zero-order chi connectivity index (χ0) is 16.0.